The number of fused-ring (bicyclic) bond motifs is 1. The van der Waals surface area contributed by atoms with E-state index in [1.54, 1.807) is 0 Å². The van der Waals surface area contributed by atoms with Gasteiger partial charge in [0.2, 0.25) is 0 Å². The fraction of sp³-hybridized carbons (Fsp3) is 0.650. The van der Waals surface area contributed by atoms with Gasteiger partial charge in [-0.1, -0.05) is 13.0 Å². The number of H-pyrrole nitrogens is 1. The maximum absolute atomic E-state index is 12.5. The Kier molecular flexibility index (Phi) is 5.80. The van der Waals surface area contributed by atoms with Gasteiger partial charge in [0, 0.05) is 37.9 Å². The molecule has 0 unspecified atom stereocenters. The van der Waals surface area contributed by atoms with Crippen molar-refractivity contribution >= 4 is 23.4 Å². The van der Waals surface area contributed by atoms with Crippen molar-refractivity contribution in [1.29, 1.82) is 0 Å². The number of hydrogen-bond acceptors (Lipinski definition) is 3. The molecule has 0 bridgehead atoms. The summed E-state index contributed by atoms with van der Waals surface area (Å²) < 4.78 is 7.60. The second-order valence-corrected chi connectivity index (χ2v) is 7.73. The Morgan fingerprint density at radius 1 is 1.23 bits per heavy atom. The minimum Gasteiger partial charge on any atom is -0.381 e. The average Bonchev–Trinajstić information content (AvgIpc) is 2.97. The summed E-state index contributed by atoms with van der Waals surface area (Å²) in [5.74, 6) is 0. The van der Waals surface area contributed by atoms with Crippen molar-refractivity contribution in [2.45, 2.75) is 57.5 Å². The summed E-state index contributed by atoms with van der Waals surface area (Å²) in [4.78, 5) is 18.2. The molecule has 0 saturated carbocycles. The molecular formula is C20H30ClN3O2. The van der Waals surface area contributed by atoms with Gasteiger partial charge >= 0.3 is 5.69 Å². The number of hydrogen-bond donors (Lipinski definition) is 1. The molecule has 0 amide bonds. The number of imidazole rings is 1. The van der Waals surface area contributed by atoms with Crippen LogP contribution in [0.5, 0.6) is 0 Å². The number of aromatic amines is 1. The van der Waals surface area contributed by atoms with Crippen LogP contribution >= 0.6 is 12.4 Å². The van der Waals surface area contributed by atoms with E-state index in [0.717, 1.165) is 63.0 Å². The SMILES string of the molecule is CCC1(N2CCC(n3c(=O)[nH]c4ccc(C)cc43)CC2)CCOCC1.Cl. The highest BCUT2D eigenvalue weighted by atomic mass is 35.5. The first-order valence-electron chi connectivity index (χ1n) is 9.67. The number of halogens is 1. The number of aryl methyl sites for hydroxylation is 1. The molecular weight excluding hydrogens is 350 g/mol. The van der Waals surface area contributed by atoms with E-state index in [9.17, 15) is 4.79 Å². The number of ether oxygens (including phenoxy) is 1. The highest BCUT2D eigenvalue weighted by molar-refractivity contribution is 5.85. The smallest absolute Gasteiger partial charge is 0.326 e. The van der Waals surface area contributed by atoms with Gasteiger partial charge < -0.3 is 9.72 Å². The molecule has 2 aromatic rings. The van der Waals surface area contributed by atoms with Crippen LogP contribution in [0.25, 0.3) is 11.0 Å². The number of aromatic nitrogens is 2. The number of piperidine rings is 1. The normalized spacial score (nSPS) is 21.6. The van der Waals surface area contributed by atoms with Crippen molar-refractivity contribution in [3.05, 3.63) is 34.2 Å². The van der Waals surface area contributed by atoms with Crippen LogP contribution in [0.3, 0.4) is 0 Å². The summed E-state index contributed by atoms with van der Waals surface area (Å²) in [6.45, 7) is 8.31. The highest BCUT2D eigenvalue weighted by Crippen LogP contribution is 2.36. The molecule has 0 radical (unpaired) electrons. The molecule has 1 aromatic carbocycles. The third-order valence-electron chi connectivity index (χ3n) is 6.46. The van der Waals surface area contributed by atoms with E-state index in [0.29, 0.717) is 11.6 Å². The Balaban J connectivity index is 0.00000196. The number of benzene rings is 1. The molecule has 2 aliphatic rings. The Labute approximate surface area is 161 Å². The molecule has 2 saturated heterocycles. The molecule has 1 aromatic heterocycles. The lowest BCUT2D eigenvalue weighted by Crippen LogP contribution is -2.54. The molecule has 5 nitrogen and oxygen atoms in total. The van der Waals surface area contributed by atoms with Crippen LogP contribution in [0.2, 0.25) is 0 Å². The minimum atomic E-state index is 0. The van der Waals surface area contributed by atoms with Crippen LogP contribution in [0, 0.1) is 6.92 Å². The van der Waals surface area contributed by atoms with E-state index in [4.69, 9.17) is 4.74 Å². The number of rotatable bonds is 3. The summed E-state index contributed by atoms with van der Waals surface area (Å²) in [5.41, 5.74) is 3.55. The lowest BCUT2D eigenvalue weighted by atomic mass is 9.83. The summed E-state index contributed by atoms with van der Waals surface area (Å²) in [6.07, 6.45) is 5.56. The largest absolute Gasteiger partial charge is 0.381 e. The first-order valence-corrected chi connectivity index (χ1v) is 9.67. The van der Waals surface area contributed by atoms with Gasteiger partial charge in [-0.25, -0.2) is 4.79 Å². The van der Waals surface area contributed by atoms with Gasteiger partial charge in [-0.2, -0.15) is 0 Å². The summed E-state index contributed by atoms with van der Waals surface area (Å²) in [7, 11) is 0. The third kappa shape index (κ3) is 3.32. The van der Waals surface area contributed by atoms with Crippen molar-refractivity contribution in [2.75, 3.05) is 26.3 Å². The Morgan fingerprint density at radius 3 is 2.58 bits per heavy atom. The van der Waals surface area contributed by atoms with Crippen molar-refractivity contribution in [1.82, 2.24) is 14.5 Å². The van der Waals surface area contributed by atoms with Crippen LogP contribution in [0.4, 0.5) is 0 Å². The van der Waals surface area contributed by atoms with Crippen LogP contribution < -0.4 is 5.69 Å². The van der Waals surface area contributed by atoms with Gasteiger partial charge in [0.15, 0.2) is 0 Å². The van der Waals surface area contributed by atoms with Crippen molar-refractivity contribution in [3.8, 4) is 0 Å². The molecule has 1 N–H and O–H groups in total. The lowest BCUT2D eigenvalue weighted by molar-refractivity contribution is -0.0432. The number of nitrogens with zero attached hydrogens (tertiary/aromatic N) is 2. The molecule has 2 fully saturated rings. The van der Waals surface area contributed by atoms with Gasteiger partial charge in [0.25, 0.3) is 0 Å². The third-order valence-corrected chi connectivity index (χ3v) is 6.46. The quantitative estimate of drug-likeness (QED) is 0.885. The fourth-order valence-corrected chi connectivity index (χ4v) is 4.84. The van der Waals surface area contributed by atoms with Gasteiger partial charge in [-0.3, -0.25) is 9.47 Å². The van der Waals surface area contributed by atoms with E-state index in [2.05, 4.69) is 35.9 Å². The summed E-state index contributed by atoms with van der Waals surface area (Å²) in [5, 5.41) is 0. The Bertz CT molecular complexity index is 799. The minimum absolute atomic E-state index is 0. The van der Waals surface area contributed by atoms with E-state index in [1.165, 1.54) is 12.0 Å². The predicted octanol–water partition coefficient (Wildman–Crippen LogP) is 3.66. The average molecular weight is 380 g/mol. The summed E-state index contributed by atoms with van der Waals surface area (Å²) in [6, 6.07) is 6.51. The standard InChI is InChI=1S/C20H29N3O2.ClH/c1-3-20(8-12-25-13-9-20)22-10-6-16(7-11-22)23-18-14-15(2)4-5-17(18)21-19(23)24;/h4-5,14,16H,3,6-13H2,1-2H3,(H,21,24);1H. The first kappa shape index (κ1) is 19.5. The molecule has 6 heteroatoms. The molecule has 0 atom stereocenters. The van der Waals surface area contributed by atoms with Gasteiger partial charge in [0.05, 0.1) is 11.0 Å². The van der Waals surface area contributed by atoms with Crippen molar-refractivity contribution in [3.63, 3.8) is 0 Å². The number of nitrogens with one attached hydrogen (secondary N) is 1. The maximum atomic E-state index is 12.5. The fourth-order valence-electron chi connectivity index (χ4n) is 4.84. The molecule has 4 rings (SSSR count). The van der Waals surface area contributed by atoms with Gasteiger partial charge in [0.1, 0.15) is 0 Å². The number of likely N-dealkylation sites (tertiary alicyclic amines) is 1. The summed E-state index contributed by atoms with van der Waals surface area (Å²) >= 11 is 0. The topological polar surface area (TPSA) is 50.3 Å². The lowest BCUT2D eigenvalue weighted by Gasteiger charge is -2.49. The Hall–Kier alpha value is -1.30. The van der Waals surface area contributed by atoms with E-state index in [1.807, 2.05) is 10.6 Å². The highest BCUT2D eigenvalue weighted by Gasteiger charge is 2.39. The van der Waals surface area contributed by atoms with E-state index < -0.39 is 0 Å². The molecule has 26 heavy (non-hydrogen) atoms. The van der Waals surface area contributed by atoms with Crippen molar-refractivity contribution < 1.29 is 4.74 Å². The molecule has 0 aliphatic carbocycles. The Morgan fingerprint density at radius 2 is 1.92 bits per heavy atom. The molecule has 144 valence electrons. The van der Waals surface area contributed by atoms with Crippen LogP contribution in [0.15, 0.2) is 23.0 Å². The molecule has 3 heterocycles. The van der Waals surface area contributed by atoms with Gasteiger partial charge in [-0.15, -0.1) is 12.4 Å². The van der Waals surface area contributed by atoms with Crippen molar-refractivity contribution in [2.24, 2.45) is 0 Å². The molecule has 0 spiro atoms. The van der Waals surface area contributed by atoms with E-state index in [-0.39, 0.29) is 18.1 Å². The van der Waals surface area contributed by atoms with Crippen LogP contribution in [0.1, 0.15) is 50.6 Å². The zero-order valence-electron chi connectivity index (χ0n) is 15.8. The zero-order chi connectivity index (χ0) is 17.4. The van der Waals surface area contributed by atoms with E-state index >= 15 is 0 Å². The predicted molar refractivity (Wildman–Crippen MR) is 107 cm³/mol. The zero-order valence-corrected chi connectivity index (χ0v) is 16.6. The molecule has 2 aliphatic heterocycles. The van der Waals surface area contributed by atoms with Crippen LogP contribution in [-0.2, 0) is 4.74 Å². The van der Waals surface area contributed by atoms with Crippen LogP contribution in [-0.4, -0.2) is 46.3 Å². The second kappa shape index (κ2) is 7.75. The second-order valence-electron chi connectivity index (χ2n) is 7.73. The first-order chi connectivity index (χ1) is 12.1. The monoisotopic (exact) mass is 379 g/mol. The van der Waals surface area contributed by atoms with Gasteiger partial charge in [-0.05, 0) is 56.7 Å². The maximum Gasteiger partial charge on any atom is 0.326 e.